The van der Waals surface area contributed by atoms with Crippen LogP contribution in [0, 0.1) is 11.8 Å². The molecule has 0 saturated carbocycles. The van der Waals surface area contributed by atoms with E-state index in [0.29, 0.717) is 5.69 Å². The van der Waals surface area contributed by atoms with Crippen LogP contribution in [0.4, 0.5) is 5.69 Å². The molecule has 0 aliphatic heterocycles. The number of rotatable bonds is 3. The molecule has 3 nitrogen and oxygen atoms in total. The van der Waals surface area contributed by atoms with E-state index < -0.39 is 10.0 Å². The van der Waals surface area contributed by atoms with Crippen molar-refractivity contribution in [3.05, 3.63) is 81.5 Å². The topological polar surface area (TPSA) is 46.2 Å². The monoisotopic (exact) mass is 373 g/mol. The molecule has 0 unspecified atom stereocenters. The predicted octanol–water partition coefficient (Wildman–Crippen LogP) is 4.60. The molecule has 0 atom stereocenters. The Kier molecular flexibility index (Phi) is 4.91. The third kappa shape index (κ3) is 3.98. The molecule has 120 valence electrons. The van der Waals surface area contributed by atoms with Gasteiger partial charge < -0.3 is 0 Å². The van der Waals surface area contributed by atoms with Gasteiger partial charge in [0.15, 0.2) is 0 Å². The summed E-state index contributed by atoms with van der Waals surface area (Å²) in [6.45, 7) is 0. The molecule has 1 N–H and O–H groups in total. The fourth-order valence-corrected chi connectivity index (χ4v) is 4.16. The maximum Gasteiger partial charge on any atom is 0.263 e. The Labute approximate surface area is 150 Å². The maximum absolute atomic E-state index is 12.4. The molecule has 24 heavy (non-hydrogen) atoms. The number of hydrogen-bond acceptors (Lipinski definition) is 3. The minimum absolute atomic E-state index is 0.0433. The van der Waals surface area contributed by atoms with Crippen molar-refractivity contribution in [3.8, 4) is 11.8 Å². The molecule has 3 aromatic rings. The number of anilines is 1. The molecule has 2 aromatic carbocycles. The summed E-state index contributed by atoms with van der Waals surface area (Å²) < 4.78 is 27.4. The zero-order valence-corrected chi connectivity index (χ0v) is 14.8. The van der Waals surface area contributed by atoms with E-state index in [0.717, 1.165) is 10.4 Å². The van der Waals surface area contributed by atoms with Gasteiger partial charge in [-0.25, -0.2) is 8.42 Å². The predicted molar refractivity (Wildman–Crippen MR) is 99.0 cm³/mol. The van der Waals surface area contributed by atoms with E-state index in [4.69, 9.17) is 11.6 Å². The second-order valence-corrected chi connectivity index (χ2v) is 7.85. The van der Waals surface area contributed by atoms with E-state index in [1.165, 1.54) is 6.07 Å². The maximum atomic E-state index is 12.4. The Morgan fingerprint density at radius 1 is 0.958 bits per heavy atom. The van der Waals surface area contributed by atoms with Gasteiger partial charge in [-0.05, 0) is 41.8 Å². The summed E-state index contributed by atoms with van der Waals surface area (Å²) in [4.78, 5) is 0.999. The summed E-state index contributed by atoms with van der Waals surface area (Å²) in [7, 11) is -3.75. The zero-order chi connectivity index (χ0) is 17.0. The van der Waals surface area contributed by atoms with Crippen molar-refractivity contribution in [2.75, 3.05) is 4.72 Å². The van der Waals surface area contributed by atoms with E-state index in [9.17, 15) is 8.42 Å². The van der Waals surface area contributed by atoms with Crippen LogP contribution in [0.15, 0.2) is 70.9 Å². The summed E-state index contributed by atoms with van der Waals surface area (Å²) in [6.07, 6.45) is 0. The first kappa shape index (κ1) is 16.6. The van der Waals surface area contributed by atoms with Crippen LogP contribution in [-0.2, 0) is 10.0 Å². The van der Waals surface area contributed by atoms with Crippen molar-refractivity contribution >= 4 is 38.6 Å². The van der Waals surface area contributed by atoms with E-state index in [-0.39, 0.29) is 9.92 Å². The molecule has 0 bridgehead atoms. The minimum atomic E-state index is -3.75. The summed E-state index contributed by atoms with van der Waals surface area (Å²) >= 11 is 7.53. The van der Waals surface area contributed by atoms with Crippen LogP contribution in [0.3, 0.4) is 0 Å². The highest BCUT2D eigenvalue weighted by Crippen LogP contribution is 2.23. The molecule has 0 aliphatic rings. The molecule has 0 saturated heterocycles. The lowest BCUT2D eigenvalue weighted by atomic mass is 10.2. The van der Waals surface area contributed by atoms with Gasteiger partial charge in [-0.15, -0.1) is 11.3 Å². The van der Waals surface area contributed by atoms with Crippen LogP contribution in [0.5, 0.6) is 0 Å². The van der Waals surface area contributed by atoms with Crippen molar-refractivity contribution < 1.29 is 8.42 Å². The van der Waals surface area contributed by atoms with Gasteiger partial charge >= 0.3 is 0 Å². The molecular formula is C18H12ClNO2S2. The molecule has 0 amide bonds. The van der Waals surface area contributed by atoms with Crippen LogP contribution in [0.1, 0.15) is 10.4 Å². The fraction of sp³-hybridized carbons (Fsp3) is 0. The number of nitrogens with one attached hydrogen (secondary N) is 1. The molecule has 0 spiro atoms. The largest absolute Gasteiger partial charge is 0.280 e. The highest BCUT2D eigenvalue weighted by molar-refractivity contribution is 7.92. The smallest absolute Gasteiger partial charge is 0.263 e. The molecular weight excluding hydrogens is 362 g/mol. The van der Waals surface area contributed by atoms with Crippen LogP contribution in [0.25, 0.3) is 0 Å². The van der Waals surface area contributed by atoms with Gasteiger partial charge in [-0.3, -0.25) is 4.72 Å². The van der Waals surface area contributed by atoms with Gasteiger partial charge in [0.2, 0.25) is 0 Å². The van der Waals surface area contributed by atoms with Gasteiger partial charge in [-0.1, -0.05) is 47.7 Å². The third-order valence-electron chi connectivity index (χ3n) is 3.09. The van der Waals surface area contributed by atoms with Gasteiger partial charge in [0, 0.05) is 5.56 Å². The molecule has 0 fully saturated rings. The second kappa shape index (κ2) is 7.10. The Hall–Kier alpha value is -2.26. The fourth-order valence-electron chi connectivity index (χ4n) is 2.02. The van der Waals surface area contributed by atoms with E-state index >= 15 is 0 Å². The van der Waals surface area contributed by atoms with Crippen LogP contribution in [-0.4, -0.2) is 8.42 Å². The summed E-state index contributed by atoms with van der Waals surface area (Å²) in [5.74, 6) is 6.07. The first-order valence-electron chi connectivity index (χ1n) is 6.97. The van der Waals surface area contributed by atoms with Crippen molar-refractivity contribution in [2.45, 2.75) is 4.90 Å². The average molecular weight is 374 g/mol. The highest BCUT2D eigenvalue weighted by atomic mass is 35.5. The number of hydrogen-bond donors (Lipinski definition) is 1. The molecule has 0 radical (unpaired) electrons. The van der Waals surface area contributed by atoms with E-state index in [1.54, 1.807) is 47.7 Å². The Morgan fingerprint density at radius 2 is 1.79 bits per heavy atom. The summed E-state index contributed by atoms with van der Waals surface area (Å²) in [5, 5.41) is 2.14. The van der Waals surface area contributed by atoms with Crippen molar-refractivity contribution in [1.82, 2.24) is 0 Å². The molecule has 6 heteroatoms. The lowest BCUT2D eigenvalue weighted by Crippen LogP contribution is -2.13. The first-order chi connectivity index (χ1) is 11.5. The minimum Gasteiger partial charge on any atom is -0.280 e. The molecule has 0 aliphatic carbocycles. The lowest BCUT2D eigenvalue weighted by Gasteiger charge is -2.09. The standard InChI is InChI=1S/C18H12ClNO2S2/c19-17-8-1-2-9-18(17)24(21,22)20-15-6-3-5-14(13-15)10-11-16-7-4-12-23-16/h1-9,12-13,20H. The van der Waals surface area contributed by atoms with Crippen LogP contribution in [0.2, 0.25) is 5.02 Å². The van der Waals surface area contributed by atoms with Crippen molar-refractivity contribution in [1.29, 1.82) is 0 Å². The Morgan fingerprint density at radius 3 is 2.54 bits per heavy atom. The van der Waals surface area contributed by atoms with Gasteiger partial charge in [0.05, 0.1) is 15.6 Å². The van der Waals surface area contributed by atoms with Crippen molar-refractivity contribution in [3.63, 3.8) is 0 Å². The SMILES string of the molecule is O=S(=O)(Nc1cccc(C#Cc2cccs2)c1)c1ccccc1Cl. The van der Waals surface area contributed by atoms with Crippen LogP contribution < -0.4 is 4.72 Å². The number of sulfonamides is 1. The van der Waals surface area contributed by atoms with Gasteiger partial charge in [0.1, 0.15) is 4.90 Å². The van der Waals surface area contributed by atoms with E-state index in [1.807, 2.05) is 23.6 Å². The van der Waals surface area contributed by atoms with Gasteiger partial charge in [-0.2, -0.15) is 0 Å². The Bertz CT molecular complexity index is 1020. The van der Waals surface area contributed by atoms with Gasteiger partial charge in [0.25, 0.3) is 10.0 Å². The second-order valence-electron chi connectivity index (χ2n) is 4.84. The average Bonchev–Trinajstić information content (AvgIpc) is 3.06. The lowest BCUT2D eigenvalue weighted by molar-refractivity contribution is 0.601. The summed E-state index contributed by atoms with van der Waals surface area (Å²) in [5.41, 5.74) is 1.16. The first-order valence-corrected chi connectivity index (χ1v) is 9.72. The molecule has 1 aromatic heterocycles. The molecule has 1 heterocycles. The van der Waals surface area contributed by atoms with E-state index in [2.05, 4.69) is 16.6 Å². The number of thiophene rings is 1. The van der Waals surface area contributed by atoms with Crippen LogP contribution >= 0.6 is 22.9 Å². The normalized spacial score (nSPS) is 10.7. The number of benzene rings is 2. The quantitative estimate of drug-likeness (QED) is 0.682. The zero-order valence-electron chi connectivity index (χ0n) is 12.4. The number of halogens is 1. The Balaban J connectivity index is 1.86. The molecule has 3 rings (SSSR count). The highest BCUT2D eigenvalue weighted by Gasteiger charge is 2.17. The summed E-state index contributed by atoms with van der Waals surface area (Å²) in [6, 6.07) is 17.1. The third-order valence-corrected chi connectivity index (χ3v) is 5.76. The van der Waals surface area contributed by atoms with Crippen molar-refractivity contribution in [2.24, 2.45) is 0 Å².